The molecule has 70 valence electrons. The van der Waals surface area contributed by atoms with Crippen LogP contribution in [-0.4, -0.2) is 24.4 Å². The minimum atomic E-state index is -0.0197. The number of aliphatic hydroxyl groups excluding tert-OH is 1. The molecule has 1 heterocycles. The quantitative estimate of drug-likeness (QED) is 0.721. The van der Waals surface area contributed by atoms with Crippen LogP contribution in [0.25, 0.3) is 0 Å². The van der Waals surface area contributed by atoms with E-state index in [4.69, 9.17) is 21.4 Å². The van der Waals surface area contributed by atoms with Crippen LogP contribution in [0.15, 0.2) is 18.2 Å². The SMILES string of the molecule is OCC1COc2cc(Cl)ccc2N1. The van der Waals surface area contributed by atoms with Crippen molar-refractivity contribution in [2.24, 2.45) is 0 Å². The van der Waals surface area contributed by atoms with E-state index < -0.39 is 0 Å². The van der Waals surface area contributed by atoms with Crippen LogP contribution in [0.4, 0.5) is 5.69 Å². The molecule has 2 N–H and O–H groups in total. The highest BCUT2D eigenvalue weighted by molar-refractivity contribution is 6.30. The molecule has 0 saturated carbocycles. The maximum absolute atomic E-state index is 8.90. The van der Waals surface area contributed by atoms with Crippen LogP contribution in [-0.2, 0) is 0 Å². The number of nitrogens with one attached hydrogen (secondary N) is 1. The van der Waals surface area contributed by atoms with Gasteiger partial charge in [0.05, 0.1) is 18.3 Å². The lowest BCUT2D eigenvalue weighted by molar-refractivity contribution is 0.207. The molecular weight excluding hydrogens is 190 g/mol. The zero-order valence-corrected chi connectivity index (χ0v) is 7.71. The summed E-state index contributed by atoms with van der Waals surface area (Å²) in [6, 6.07) is 5.38. The van der Waals surface area contributed by atoms with Crippen LogP contribution in [0.1, 0.15) is 0 Å². The van der Waals surface area contributed by atoms with Crippen molar-refractivity contribution in [3.63, 3.8) is 0 Å². The van der Waals surface area contributed by atoms with E-state index >= 15 is 0 Å². The number of hydrogen-bond acceptors (Lipinski definition) is 3. The van der Waals surface area contributed by atoms with Crippen molar-refractivity contribution in [3.05, 3.63) is 23.2 Å². The van der Waals surface area contributed by atoms with Crippen LogP contribution in [0.3, 0.4) is 0 Å². The van der Waals surface area contributed by atoms with Gasteiger partial charge in [0.2, 0.25) is 0 Å². The fourth-order valence-electron chi connectivity index (χ4n) is 1.29. The summed E-state index contributed by atoms with van der Waals surface area (Å²) in [5.41, 5.74) is 0.884. The molecule has 1 unspecified atom stereocenters. The number of hydrogen-bond donors (Lipinski definition) is 2. The van der Waals surface area contributed by atoms with Gasteiger partial charge in [0.1, 0.15) is 12.4 Å². The van der Waals surface area contributed by atoms with Crippen LogP contribution in [0.5, 0.6) is 5.75 Å². The molecule has 0 aromatic heterocycles. The maximum Gasteiger partial charge on any atom is 0.143 e. The second-order valence-corrected chi connectivity index (χ2v) is 3.41. The first-order valence-corrected chi connectivity index (χ1v) is 4.47. The van der Waals surface area contributed by atoms with Gasteiger partial charge in [0, 0.05) is 11.1 Å². The molecule has 0 spiro atoms. The molecule has 1 aromatic rings. The third-order valence-electron chi connectivity index (χ3n) is 1.96. The summed E-state index contributed by atoms with van der Waals surface area (Å²) in [5, 5.41) is 12.7. The molecule has 0 amide bonds. The number of fused-ring (bicyclic) bond motifs is 1. The Bertz CT molecular complexity index is 316. The first kappa shape index (κ1) is 8.66. The largest absolute Gasteiger partial charge is 0.489 e. The third-order valence-corrected chi connectivity index (χ3v) is 2.20. The van der Waals surface area contributed by atoms with Gasteiger partial charge in [0.15, 0.2) is 0 Å². The minimum Gasteiger partial charge on any atom is -0.489 e. The fourth-order valence-corrected chi connectivity index (χ4v) is 1.45. The monoisotopic (exact) mass is 199 g/mol. The van der Waals surface area contributed by atoms with Crippen molar-refractivity contribution < 1.29 is 9.84 Å². The van der Waals surface area contributed by atoms with Crippen molar-refractivity contribution in [1.29, 1.82) is 0 Å². The minimum absolute atomic E-state index is 0.0197. The number of anilines is 1. The molecular formula is C9H10ClNO2. The Labute approximate surface area is 81.3 Å². The number of benzene rings is 1. The Morgan fingerprint density at radius 3 is 3.23 bits per heavy atom. The summed E-state index contributed by atoms with van der Waals surface area (Å²) >= 11 is 5.79. The molecule has 13 heavy (non-hydrogen) atoms. The van der Waals surface area contributed by atoms with Crippen LogP contribution in [0, 0.1) is 0 Å². The molecule has 3 nitrogen and oxygen atoms in total. The van der Waals surface area contributed by atoms with Crippen molar-refractivity contribution in [3.8, 4) is 5.75 Å². The van der Waals surface area contributed by atoms with Gasteiger partial charge in [-0.3, -0.25) is 0 Å². The topological polar surface area (TPSA) is 41.5 Å². The normalized spacial score (nSPS) is 20.0. The van der Waals surface area contributed by atoms with Gasteiger partial charge in [-0.05, 0) is 12.1 Å². The number of aliphatic hydroxyl groups is 1. The van der Waals surface area contributed by atoms with Crippen LogP contribution in [0.2, 0.25) is 5.02 Å². The zero-order chi connectivity index (χ0) is 9.26. The summed E-state index contributed by atoms with van der Waals surface area (Å²) < 4.78 is 5.40. The molecule has 0 radical (unpaired) electrons. The fraction of sp³-hybridized carbons (Fsp3) is 0.333. The van der Waals surface area contributed by atoms with Gasteiger partial charge in [-0.15, -0.1) is 0 Å². The molecule has 1 atom stereocenters. The first-order chi connectivity index (χ1) is 6.29. The Kier molecular flexibility index (Phi) is 2.29. The summed E-state index contributed by atoms with van der Waals surface area (Å²) in [7, 11) is 0. The lowest BCUT2D eigenvalue weighted by Gasteiger charge is -2.25. The molecule has 0 aliphatic carbocycles. The summed E-state index contributed by atoms with van der Waals surface area (Å²) in [5.74, 6) is 0.747. The average molecular weight is 200 g/mol. The van der Waals surface area contributed by atoms with Crippen molar-refractivity contribution in [2.75, 3.05) is 18.5 Å². The molecule has 0 bridgehead atoms. The van der Waals surface area contributed by atoms with Crippen LogP contribution >= 0.6 is 11.6 Å². The van der Waals surface area contributed by atoms with E-state index in [0.717, 1.165) is 11.4 Å². The van der Waals surface area contributed by atoms with Crippen molar-refractivity contribution in [1.82, 2.24) is 0 Å². The predicted octanol–water partition coefficient (Wildman–Crippen LogP) is 1.51. The van der Waals surface area contributed by atoms with E-state index in [1.165, 1.54) is 0 Å². The van der Waals surface area contributed by atoms with Gasteiger partial charge in [-0.1, -0.05) is 11.6 Å². The number of halogens is 1. The Balaban J connectivity index is 2.26. The maximum atomic E-state index is 8.90. The van der Waals surface area contributed by atoms with E-state index in [1.54, 1.807) is 12.1 Å². The molecule has 1 aromatic carbocycles. The predicted molar refractivity (Wildman–Crippen MR) is 51.4 cm³/mol. The smallest absolute Gasteiger partial charge is 0.143 e. The van der Waals surface area contributed by atoms with E-state index in [-0.39, 0.29) is 12.6 Å². The molecule has 2 rings (SSSR count). The zero-order valence-electron chi connectivity index (χ0n) is 6.96. The summed E-state index contributed by atoms with van der Waals surface area (Å²) in [6.45, 7) is 0.548. The van der Waals surface area contributed by atoms with E-state index in [2.05, 4.69) is 5.32 Å². The van der Waals surface area contributed by atoms with Gasteiger partial charge in [-0.25, -0.2) is 0 Å². The van der Waals surface area contributed by atoms with E-state index in [0.29, 0.717) is 11.6 Å². The van der Waals surface area contributed by atoms with Crippen molar-refractivity contribution in [2.45, 2.75) is 6.04 Å². The number of ether oxygens (including phenoxy) is 1. The lowest BCUT2D eigenvalue weighted by Crippen LogP contribution is -2.34. The summed E-state index contributed by atoms with van der Waals surface area (Å²) in [6.07, 6.45) is 0. The molecule has 4 heteroatoms. The van der Waals surface area contributed by atoms with Gasteiger partial charge >= 0.3 is 0 Å². The van der Waals surface area contributed by atoms with E-state index in [1.807, 2.05) is 6.07 Å². The van der Waals surface area contributed by atoms with E-state index in [9.17, 15) is 0 Å². The van der Waals surface area contributed by atoms with Gasteiger partial charge < -0.3 is 15.2 Å². The highest BCUT2D eigenvalue weighted by Gasteiger charge is 2.17. The highest BCUT2D eigenvalue weighted by atomic mass is 35.5. The first-order valence-electron chi connectivity index (χ1n) is 4.09. The molecule has 1 aliphatic rings. The molecule has 1 aliphatic heterocycles. The second-order valence-electron chi connectivity index (χ2n) is 2.98. The third kappa shape index (κ3) is 1.71. The van der Waals surface area contributed by atoms with Gasteiger partial charge in [-0.2, -0.15) is 0 Å². The average Bonchev–Trinajstić information content (AvgIpc) is 2.17. The van der Waals surface area contributed by atoms with Crippen molar-refractivity contribution >= 4 is 17.3 Å². The summed E-state index contributed by atoms with van der Waals surface area (Å²) in [4.78, 5) is 0. The Morgan fingerprint density at radius 1 is 1.62 bits per heavy atom. The molecule has 0 fully saturated rings. The van der Waals surface area contributed by atoms with Gasteiger partial charge in [0.25, 0.3) is 0 Å². The van der Waals surface area contributed by atoms with Crippen LogP contribution < -0.4 is 10.1 Å². The lowest BCUT2D eigenvalue weighted by atomic mass is 10.2. The standard InChI is InChI=1S/C9H10ClNO2/c10-6-1-2-8-9(3-6)13-5-7(4-12)11-8/h1-3,7,11-12H,4-5H2. The Morgan fingerprint density at radius 2 is 2.46 bits per heavy atom. The Hall–Kier alpha value is -0.930. The highest BCUT2D eigenvalue weighted by Crippen LogP contribution is 2.31. The molecule has 0 saturated heterocycles. The number of rotatable bonds is 1. The second kappa shape index (κ2) is 3.44.